The van der Waals surface area contributed by atoms with Crippen LogP contribution in [0.15, 0.2) is 12.3 Å². The first-order chi connectivity index (χ1) is 9.38. The fraction of sp³-hybridized carbons (Fsp3) is 0.417. The summed E-state index contributed by atoms with van der Waals surface area (Å²) in [6.45, 7) is 3.74. The van der Waals surface area contributed by atoms with E-state index >= 15 is 0 Å². The zero-order valence-corrected chi connectivity index (χ0v) is 11.2. The van der Waals surface area contributed by atoms with Gasteiger partial charge in [-0.25, -0.2) is 4.98 Å². The molecule has 1 heterocycles. The number of aromatic nitrogens is 1. The Balaban J connectivity index is 3.20. The van der Waals surface area contributed by atoms with Gasteiger partial charge >= 0.3 is 0 Å². The molecule has 1 amide bonds. The molecule has 8 heteroatoms. The minimum Gasteiger partial charge on any atom is -0.384 e. The SMILES string of the molecule is CC(C)N(CCC#N)C(=O)c1cc(N)ncc1[N+](=O)[O-]. The maximum Gasteiger partial charge on any atom is 0.300 e. The molecule has 0 bridgehead atoms. The van der Waals surface area contributed by atoms with Crippen LogP contribution < -0.4 is 5.73 Å². The largest absolute Gasteiger partial charge is 0.384 e. The molecule has 0 unspecified atom stereocenters. The van der Waals surface area contributed by atoms with Crippen molar-refractivity contribution in [3.05, 3.63) is 27.9 Å². The van der Waals surface area contributed by atoms with Crippen molar-refractivity contribution >= 4 is 17.4 Å². The van der Waals surface area contributed by atoms with Crippen LogP contribution in [0.5, 0.6) is 0 Å². The Morgan fingerprint density at radius 2 is 2.30 bits per heavy atom. The van der Waals surface area contributed by atoms with Crippen LogP contribution in [-0.4, -0.2) is 33.3 Å². The van der Waals surface area contributed by atoms with Crippen LogP contribution >= 0.6 is 0 Å². The number of pyridine rings is 1. The van der Waals surface area contributed by atoms with Crippen molar-refractivity contribution in [1.82, 2.24) is 9.88 Å². The van der Waals surface area contributed by atoms with Gasteiger partial charge in [0, 0.05) is 12.6 Å². The van der Waals surface area contributed by atoms with Crippen LogP contribution in [0.1, 0.15) is 30.6 Å². The molecule has 0 aliphatic rings. The number of nitriles is 1. The van der Waals surface area contributed by atoms with E-state index in [0.29, 0.717) is 0 Å². The molecule has 0 atom stereocenters. The normalized spacial score (nSPS) is 10.1. The lowest BCUT2D eigenvalue weighted by atomic mass is 10.1. The summed E-state index contributed by atoms with van der Waals surface area (Å²) in [5.74, 6) is -0.501. The number of hydrogen-bond donors (Lipinski definition) is 1. The molecule has 0 aliphatic heterocycles. The second-order valence-corrected chi connectivity index (χ2v) is 4.38. The van der Waals surface area contributed by atoms with Gasteiger partial charge in [-0.05, 0) is 19.9 Å². The van der Waals surface area contributed by atoms with Crippen molar-refractivity contribution in [2.45, 2.75) is 26.3 Å². The Morgan fingerprint density at radius 1 is 1.65 bits per heavy atom. The Hall–Kier alpha value is -2.69. The Labute approximate surface area is 116 Å². The quantitative estimate of drug-likeness (QED) is 0.639. The first kappa shape index (κ1) is 15.4. The second-order valence-electron chi connectivity index (χ2n) is 4.38. The molecule has 1 aromatic rings. The minimum atomic E-state index is -0.678. The van der Waals surface area contributed by atoms with Crippen molar-refractivity contribution in [3.8, 4) is 6.07 Å². The standard InChI is InChI=1S/C12H15N5O3/c1-8(2)16(5-3-4-13)12(18)9-6-11(14)15-7-10(9)17(19)20/h6-8H,3,5H2,1-2H3,(H2,14,15). The molecule has 8 nitrogen and oxygen atoms in total. The first-order valence-corrected chi connectivity index (χ1v) is 5.96. The summed E-state index contributed by atoms with van der Waals surface area (Å²) in [7, 11) is 0. The summed E-state index contributed by atoms with van der Waals surface area (Å²) in [6, 6.07) is 2.94. The average Bonchev–Trinajstić information content (AvgIpc) is 2.38. The van der Waals surface area contributed by atoms with Gasteiger partial charge in [0.05, 0.1) is 17.4 Å². The summed E-state index contributed by atoms with van der Waals surface area (Å²) in [5.41, 5.74) is 4.97. The van der Waals surface area contributed by atoms with E-state index in [1.54, 1.807) is 13.8 Å². The van der Waals surface area contributed by atoms with E-state index in [0.717, 1.165) is 6.20 Å². The predicted octanol–water partition coefficient (Wildman–Crippen LogP) is 1.34. The smallest absolute Gasteiger partial charge is 0.300 e. The van der Waals surface area contributed by atoms with Gasteiger partial charge in [0.1, 0.15) is 17.6 Å². The summed E-state index contributed by atoms with van der Waals surface area (Å²) in [4.78, 5) is 27.7. The molecule has 0 spiro atoms. The minimum absolute atomic E-state index is 0.0305. The van der Waals surface area contributed by atoms with E-state index < -0.39 is 16.5 Å². The third kappa shape index (κ3) is 3.41. The Morgan fingerprint density at radius 3 is 2.80 bits per heavy atom. The third-order valence-electron chi connectivity index (χ3n) is 2.68. The molecular formula is C12H15N5O3. The number of anilines is 1. The lowest BCUT2D eigenvalue weighted by molar-refractivity contribution is -0.385. The highest BCUT2D eigenvalue weighted by Crippen LogP contribution is 2.22. The van der Waals surface area contributed by atoms with Gasteiger partial charge in [-0.2, -0.15) is 5.26 Å². The molecule has 2 N–H and O–H groups in total. The van der Waals surface area contributed by atoms with Crippen molar-refractivity contribution in [3.63, 3.8) is 0 Å². The summed E-state index contributed by atoms with van der Waals surface area (Å²) in [5, 5.41) is 19.6. The third-order valence-corrected chi connectivity index (χ3v) is 2.68. The van der Waals surface area contributed by atoms with E-state index in [2.05, 4.69) is 4.98 Å². The molecule has 0 saturated carbocycles. The van der Waals surface area contributed by atoms with Gasteiger partial charge in [0.2, 0.25) is 0 Å². The maximum atomic E-state index is 12.4. The average molecular weight is 277 g/mol. The number of rotatable bonds is 5. The number of amides is 1. The van der Waals surface area contributed by atoms with Crippen molar-refractivity contribution in [1.29, 1.82) is 5.26 Å². The number of carbonyl (C=O) groups is 1. The number of carbonyl (C=O) groups excluding carboxylic acids is 1. The van der Waals surface area contributed by atoms with Crippen LogP contribution in [0, 0.1) is 21.4 Å². The second kappa shape index (κ2) is 6.47. The van der Waals surface area contributed by atoms with E-state index in [1.807, 2.05) is 6.07 Å². The fourth-order valence-electron chi connectivity index (χ4n) is 1.70. The van der Waals surface area contributed by atoms with Crippen molar-refractivity contribution < 1.29 is 9.72 Å². The monoisotopic (exact) mass is 277 g/mol. The summed E-state index contributed by atoms with van der Waals surface area (Å²) >= 11 is 0. The molecule has 0 radical (unpaired) electrons. The Bertz CT molecular complexity index is 565. The van der Waals surface area contributed by atoms with Crippen LogP contribution in [0.25, 0.3) is 0 Å². The predicted molar refractivity (Wildman–Crippen MR) is 71.7 cm³/mol. The van der Waals surface area contributed by atoms with Gasteiger partial charge < -0.3 is 10.6 Å². The molecule has 1 rings (SSSR count). The molecule has 0 fully saturated rings. The summed E-state index contributed by atoms with van der Waals surface area (Å²) in [6.07, 6.45) is 1.11. The highest BCUT2D eigenvalue weighted by Gasteiger charge is 2.26. The topological polar surface area (TPSA) is 126 Å². The van der Waals surface area contributed by atoms with E-state index in [1.165, 1.54) is 11.0 Å². The van der Waals surface area contributed by atoms with E-state index in [4.69, 9.17) is 11.0 Å². The molecule has 0 aliphatic carbocycles. The summed E-state index contributed by atoms with van der Waals surface area (Å²) < 4.78 is 0. The number of hydrogen-bond acceptors (Lipinski definition) is 6. The zero-order valence-electron chi connectivity index (χ0n) is 11.2. The highest BCUT2D eigenvalue weighted by molar-refractivity contribution is 5.98. The highest BCUT2D eigenvalue weighted by atomic mass is 16.6. The molecule has 20 heavy (non-hydrogen) atoms. The van der Waals surface area contributed by atoms with Crippen LogP contribution in [0.3, 0.4) is 0 Å². The van der Waals surface area contributed by atoms with Gasteiger partial charge in [0.15, 0.2) is 0 Å². The van der Waals surface area contributed by atoms with Gasteiger partial charge in [-0.1, -0.05) is 0 Å². The van der Waals surface area contributed by atoms with Crippen LogP contribution in [0.4, 0.5) is 11.5 Å². The van der Waals surface area contributed by atoms with Gasteiger partial charge in [0.25, 0.3) is 11.6 Å². The van der Waals surface area contributed by atoms with Crippen molar-refractivity contribution in [2.75, 3.05) is 12.3 Å². The first-order valence-electron chi connectivity index (χ1n) is 5.96. The van der Waals surface area contributed by atoms with Crippen molar-refractivity contribution in [2.24, 2.45) is 0 Å². The van der Waals surface area contributed by atoms with E-state index in [9.17, 15) is 14.9 Å². The van der Waals surface area contributed by atoms with Gasteiger partial charge in [-0.15, -0.1) is 0 Å². The fourth-order valence-corrected chi connectivity index (χ4v) is 1.70. The molecule has 1 aromatic heterocycles. The lowest BCUT2D eigenvalue weighted by Crippen LogP contribution is -2.38. The molecule has 0 saturated heterocycles. The molecular weight excluding hydrogens is 262 g/mol. The number of nitrogen functional groups attached to an aromatic ring is 1. The number of nitrogens with zero attached hydrogens (tertiary/aromatic N) is 4. The zero-order chi connectivity index (χ0) is 15.3. The van der Waals surface area contributed by atoms with Gasteiger partial charge in [-0.3, -0.25) is 14.9 Å². The van der Waals surface area contributed by atoms with Crippen LogP contribution in [-0.2, 0) is 0 Å². The number of nitro groups is 1. The van der Waals surface area contributed by atoms with Crippen LogP contribution in [0.2, 0.25) is 0 Å². The van der Waals surface area contributed by atoms with E-state index in [-0.39, 0.29) is 30.4 Å². The lowest BCUT2D eigenvalue weighted by Gasteiger charge is -2.25. The molecule has 106 valence electrons. The number of nitrogens with two attached hydrogens (primary N) is 1. The maximum absolute atomic E-state index is 12.4. The Kier molecular flexibility index (Phi) is 4.97. The molecule has 0 aromatic carbocycles.